The molecule has 1 unspecified atom stereocenters. The van der Waals surface area contributed by atoms with E-state index in [2.05, 4.69) is 34.9 Å². The molecule has 0 saturated carbocycles. The Morgan fingerprint density at radius 2 is 1.68 bits per heavy atom. The van der Waals surface area contributed by atoms with Crippen LogP contribution in [0.25, 0.3) is 0 Å². The van der Waals surface area contributed by atoms with Gasteiger partial charge in [0.2, 0.25) is 11.8 Å². The molecular weight excluding hydrogens is 524 g/mol. The van der Waals surface area contributed by atoms with E-state index in [9.17, 15) is 24.0 Å². The highest BCUT2D eigenvalue weighted by Crippen LogP contribution is 2.33. The number of ether oxygens (including phenoxy) is 1. The Morgan fingerprint density at radius 1 is 0.976 bits per heavy atom. The number of benzene rings is 2. The predicted molar refractivity (Wildman–Crippen MR) is 152 cm³/mol. The maximum atomic E-state index is 13.3. The second kappa shape index (κ2) is 11.3. The molecule has 0 aromatic heterocycles. The van der Waals surface area contributed by atoms with E-state index in [1.54, 1.807) is 23.1 Å². The molecule has 1 atom stereocenters. The van der Waals surface area contributed by atoms with Gasteiger partial charge in [0.05, 0.1) is 11.1 Å². The highest BCUT2D eigenvalue weighted by molar-refractivity contribution is 6.25. The summed E-state index contributed by atoms with van der Waals surface area (Å²) in [6, 6.07) is 12.6. The van der Waals surface area contributed by atoms with E-state index in [0.717, 1.165) is 23.3 Å². The number of anilines is 1. The summed E-state index contributed by atoms with van der Waals surface area (Å²) in [6.07, 6.45) is 2.44. The number of amides is 5. The fourth-order valence-corrected chi connectivity index (χ4v) is 5.68. The van der Waals surface area contributed by atoms with Crippen molar-refractivity contribution in [2.75, 3.05) is 25.0 Å². The summed E-state index contributed by atoms with van der Waals surface area (Å²) in [7, 11) is 0. The van der Waals surface area contributed by atoms with Gasteiger partial charge in [0, 0.05) is 31.7 Å². The Balaban J connectivity index is 1.15. The molecule has 41 heavy (non-hydrogen) atoms. The third kappa shape index (κ3) is 6.11. The highest BCUT2D eigenvalue weighted by atomic mass is 16.6. The number of imide groups is 2. The van der Waals surface area contributed by atoms with Crippen LogP contribution >= 0.6 is 0 Å². The van der Waals surface area contributed by atoms with Crippen molar-refractivity contribution >= 4 is 35.4 Å². The standard InChI is InChI=1S/C31H36N4O6/c1-31(2,3)41-30(40)34-17-14-21(15-18-34)20-9-7-19(8-10-20)13-16-32-23-6-4-5-22-26(23)29(39)35(28(22)38)24-11-12-25(36)33-27(24)37/h4-10,21,24,32H,11-18H2,1-3H3,(H,33,36,37). The molecule has 2 aromatic rings. The minimum absolute atomic E-state index is 0.0823. The van der Waals surface area contributed by atoms with E-state index < -0.39 is 35.3 Å². The van der Waals surface area contributed by atoms with Gasteiger partial charge in [0.15, 0.2) is 0 Å². The zero-order chi connectivity index (χ0) is 29.3. The number of fused-ring (bicyclic) bond motifs is 1. The zero-order valence-electron chi connectivity index (χ0n) is 23.7. The SMILES string of the molecule is CC(C)(C)OC(=O)N1CCC(c2ccc(CCNc3cccc4c3C(=O)N(C3CCC(=O)NC3=O)C4=O)cc2)CC1. The first-order chi connectivity index (χ1) is 19.5. The van der Waals surface area contributed by atoms with E-state index >= 15 is 0 Å². The molecule has 3 aliphatic rings. The van der Waals surface area contributed by atoms with Gasteiger partial charge in [-0.1, -0.05) is 30.3 Å². The number of nitrogens with zero attached hydrogens (tertiary/aromatic N) is 2. The summed E-state index contributed by atoms with van der Waals surface area (Å²) in [5.74, 6) is -1.67. The monoisotopic (exact) mass is 560 g/mol. The van der Waals surface area contributed by atoms with Crippen LogP contribution in [0.15, 0.2) is 42.5 Å². The number of carbonyl (C=O) groups is 5. The number of hydrogen-bond donors (Lipinski definition) is 2. The third-order valence-electron chi connectivity index (χ3n) is 7.80. The molecule has 10 nitrogen and oxygen atoms in total. The number of nitrogens with one attached hydrogen (secondary N) is 2. The first kappa shape index (κ1) is 28.3. The molecule has 3 aliphatic heterocycles. The van der Waals surface area contributed by atoms with E-state index in [1.165, 1.54) is 5.56 Å². The van der Waals surface area contributed by atoms with Crippen molar-refractivity contribution in [3.63, 3.8) is 0 Å². The van der Waals surface area contributed by atoms with Gasteiger partial charge in [-0.25, -0.2) is 4.79 Å². The van der Waals surface area contributed by atoms with Crippen molar-refractivity contribution in [1.29, 1.82) is 0 Å². The minimum Gasteiger partial charge on any atom is -0.444 e. The topological polar surface area (TPSA) is 125 Å². The number of likely N-dealkylation sites (tertiary alicyclic amines) is 1. The lowest BCUT2D eigenvalue weighted by atomic mass is 9.89. The lowest BCUT2D eigenvalue weighted by molar-refractivity contribution is -0.136. The largest absolute Gasteiger partial charge is 0.444 e. The van der Waals surface area contributed by atoms with Crippen LogP contribution < -0.4 is 10.6 Å². The van der Waals surface area contributed by atoms with Gasteiger partial charge in [0.25, 0.3) is 11.8 Å². The van der Waals surface area contributed by atoms with Crippen LogP contribution in [0.3, 0.4) is 0 Å². The summed E-state index contributed by atoms with van der Waals surface area (Å²) < 4.78 is 5.50. The van der Waals surface area contributed by atoms with Crippen LogP contribution in [-0.2, 0) is 20.7 Å². The molecule has 0 aliphatic carbocycles. The van der Waals surface area contributed by atoms with Crippen LogP contribution in [0.1, 0.15) is 84.2 Å². The molecule has 3 heterocycles. The van der Waals surface area contributed by atoms with Gasteiger partial charge in [0.1, 0.15) is 11.6 Å². The highest BCUT2D eigenvalue weighted by Gasteiger charge is 2.45. The van der Waals surface area contributed by atoms with Crippen LogP contribution in [0, 0.1) is 0 Å². The Hall–Kier alpha value is -4.21. The first-order valence-corrected chi connectivity index (χ1v) is 14.2. The Labute approximate surface area is 239 Å². The number of rotatable bonds is 6. The first-order valence-electron chi connectivity index (χ1n) is 14.2. The Bertz CT molecular complexity index is 1370. The van der Waals surface area contributed by atoms with Crippen molar-refractivity contribution in [2.45, 2.75) is 70.4 Å². The molecule has 0 bridgehead atoms. The van der Waals surface area contributed by atoms with Gasteiger partial charge in [-0.15, -0.1) is 0 Å². The summed E-state index contributed by atoms with van der Waals surface area (Å²) in [5, 5.41) is 5.51. The van der Waals surface area contributed by atoms with Gasteiger partial charge in [-0.3, -0.25) is 29.4 Å². The molecule has 0 spiro atoms. The molecule has 2 saturated heterocycles. The maximum Gasteiger partial charge on any atom is 0.410 e. The van der Waals surface area contributed by atoms with Crippen LogP contribution in [0.5, 0.6) is 0 Å². The second-order valence-corrected chi connectivity index (χ2v) is 11.8. The van der Waals surface area contributed by atoms with Crippen molar-refractivity contribution in [2.24, 2.45) is 0 Å². The maximum absolute atomic E-state index is 13.3. The van der Waals surface area contributed by atoms with Crippen molar-refractivity contribution in [1.82, 2.24) is 15.1 Å². The number of carbonyl (C=O) groups excluding carboxylic acids is 5. The quantitative estimate of drug-likeness (QED) is 0.514. The van der Waals surface area contributed by atoms with Gasteiger partial charge >= 0.3 is 6.09 Å². The second-order valence-electron chi connectivity index (χ2n) is 11.8. The average Bonchev–Trinajstić information content (AvgIpc) is 3.18. The summed E-state index contributed by atoms with van der Waals surface area (Å²) in [6.45, 7) is 7.52. The predicted octanol–water partition coefficient (Wildman–Crippen LogP) is 3.86. The van der Waals surface area contributed by atoms with Crippen LogP contribution in [0.4, 0.5) is 10.5 Å². The van der Waals surface area contributed by atoms with Crippen molar-refractivity contribution in [3.8, 4) is 0 Å². The van der Waals surface area contributed by atoms with Gasteiger partial charge in [-0.2, -0.15) is 0 Å². The van der Waals surface area contributed by atoms with E-state index in [4.69, 9.17) is 4.74 Å². The molecule has 5 amide bonds. The van der Waals surface area contributed by atoms with Gasteiger partial charge < -0.3 is 15.0 Å². The Morgan fingerprint density at radius 3 is 2.34 bits per heavy atom. The molecule has 2 N–H and O–H groups in total. The van der Waals surface area contributed by atoms with Crippen molar-refractivity contribution in [3.05, 3.63) is 64.7 Å². The lowest BCUT2D eigenvalue weighted by Gasteiger charge is -2.33. The smallest absolute Gasteiger partial charge is 0.410 e. The Kier molecular flexibility index (Phi) is 7.84. The summed E-state index contributed by atoms with van der Waals surface area (Å²) in [5.41, 5.74) is 2.95. The van der Waals surface area contributed by atoms with Crippen molar-refractivity contribution < 1.29 is 28.7 Å². The molecule has 5 rings (SSSR count). The van der Waals surface area contributed by atoms with E-state index in [-0.39, 0.29) is 30.1 Å². The average molecular weight is 561 g/mol. The van der Waals surface area contributed by atoms with Crippen LogP contribution in [0.2, 0.25) is 0 Å². The molecule has 0 radical (unpaired) electrons. The van der Waals surface area contributed by atoms with Gasteiger partial charge in [-0.05, 0) is 75.6 Å². The summed E-state index contributed by atoms with van der Waals surface area (Å²) in [4.78, 5) is 65.3. The minimum atomic E-state index is -0.990. The normalized spacial score (nSPS) is 19.7. The lowest BCUT2D eigenvalue weighted by Crippen LogP contribution is -2.54. The third-order valence-corrected chi connectivity index (χ3v) is 7.80. The molecule has 2 aromatic carbocycles. The molecule has 10 heteroatoms. The number of hydrogen-bond acceptors (Lipinski definition) is 7. The molecular formula is C31H36N4O6. The fourth-order valence-electron chi connectivity index (χ4n) is 5.68. The fraction of sp³-hybridized carbons (Fsp3) is 0.452. The number of piperidine rings is 2. The van der Waals surface area contributed by atoms with E-state index in [0.29, 0.717) is 37.7 Å². The zero-order valence-corrected chi connectivity index (χ0v) is 23.7. The summed E-state index contributed by atoms with van der Waals surface area (Å²) >= 11 is 0. The molecule has 2 fully saturated rings. The molecule has 216 valence electrons. The van der Waals surface area contributed by atoms with E-state index in [1.807, 2.05) is 20.8 Å². The van der Waals surface area contributed by atoms with Crippen LogP contribution in [-0.4, -0.2) is 70.8 Å².